The molecule has 1 rings (SSSR count). The van der Waals surface area contributed by atoms with E-state index in [9.17, 15) is 19.9 Å². The molecule has 0 spiro atoms. The van der Waals surface area contributed by atoms with Gasteiger partial charge in [0.15, 0.2) is 20.7 Å². The quantitative estimate of drug-likeness (QED) is 0.0400. The van der Waals surface area contributed by atoms with Gasteiger partial charge in [-0.25, -0.2) is 9.78 Å². The van der Waals surface area contributed by atoms with Crippen LogP contribution in [-0.2, 0) is 23.5 Å². The van der Waals surface area contributed by atoms with Crippen LogP contribution in [0.4, 0.5) is 0 Å². The Balaban J connectivity index is 3.65. The van der Waals surface area contributed by atoms with Crippen LogP contribution in [0.25, 0.3) is 10.4 Å². The molecule has 4 atom stereocenters. The molecule has 0 saturated heterocycles. The molecule has 0 bridgehead atoms. The predicted molar refractivity (Wildman–Crippen MR) is 163 cm³/mol. The van der Waals surface area contributed by atoms with Gasteiger partial charge in [-0.05, 0) is 48.3 Å². The summed E-state index contributed by atoms with van der Waals surface area (Å²) in [5, 5.41) is 6.14. The molecule has 13 heteroatoms. The second kappa shape index (κ2) is 18.1. The Hall–Kier alpha value is -2.47. The van der Waals surface area contributed by atoms with Crippen LogP contribution in [-0.4, -0.2) is 62.0 Å². The normalized spacial score (nSPS) is 14.5. The summed E-state index contributed by atoms with van der Waals surface area (Å²) in [4.78, 5) is 47.7. The largest absolute Gasteiger partial charge is 0.464 e. The van der Waals surface area contributed by atoms with E-state index in [1.807, 2.05) is 34.6 Å². The van der Waals surface area contributed by atoms with Crippen LogP contribution in [0.3, 0.4) is 0 Å². The number of ether oxygens (including phenoxy) is 2. The fourth-order valence-corrected chi connectivity index (χ4v) is 8.43. The van der Waals surface area contributed by atoms with Crippen LogP contribution >= 0.6 is 11.3 Å². The van der Waals surface area contributed by atoms with Gasteiger partial charge >= 0.3 is 11.9 Å². The number of thiazole rings is 1. The van der Waals surface area contributed by atoms with Gasteiger partial charge in [0.05, 0.1) is 13.2 Å². The average Bonchev–Trinajstić information content (AvgIpc) is 3.46. The Morgan fingerprint density at radius 1 is 1.12 bits per heavy atom. The van der Waals surface area contributed by atoms with Crippen molar-refractivity contribution >= 4 is 37.5 Å². The summed E-state index contributed by atoms with van der Waals surface area (Å²) < 4.78 is 17.4. The molecule has 0 aliphatic heterocycles. The van der Waals surface area contributed by atoms with Crippen LogP contribution < -0.4 is 0 Å². The van der Waals surface area contributed by atoms with E-state index >= 15 is 0 Å². The molecule has 0 aromatic carbocycles. The van der Waals surface area contributed by atoms with E-state index in [1.54, 1.807) is 5.38 Å². The third kappa shape index (κ3) is 10.4. The molecule has 1 heterocycles. The zero-order valence-corrected chi connectivity index (χ0v) is 28.0. The first-order valence-corrected chi connectivity index (χ1v) is 18.1. The molecule has 1 unspecified atom stereocenters. The average molecular weight is 612 g/mol. The Morgan fingerprint density at radius 3 is 2.24 bits per heavy atom. The van der Waals surface area contributed by atoms with Gasteiger partial charge in [0.1, 0.15) is 11.0 Å². The Labute approximate surface area is 250 Å². The summed E-state index contributed by atoms with van der Waals surface area (Å²) in [6.45, 7) is 15.8. The lowest BCUT2D eigenvalue weighted by Gasteiger charge is -2.40. The summed E-state index contributed by atoms with van der Waals surface area (Å²) >= 11 is 1.33. The second-order valence-corrected chi connectivity index (χ2v) is 16.3. The van der Waals surface area contributed by atoms with Crippen LogP contribution in [0, 0.1) is 11.8 Å². The number of hydrogen-bond donors (Lipinski definition) is 0. The van der Waals surface area contributed by atoms with E-state index in [1.165, 1.54) is 23.3 Å². The minimum absolute atomic E-state index is 0.0699. The van der Waals surface area contributed by atoms with Crippen molar-refractivity contribution in [1.29, 1.82) is 0 Å². The number of hydrogen-bond acceptors (Lipinski definition) is 9. The molecular weight excluding hydrogens is 562 g/mol. The highest BCUT2D eigenvalue weighted by atomic mass is 32.1. The maximum absolute atomic E-state index is 14.0. The molecule has 0 saturated carbocycles. The number of carbonyl (C=O) groups excluding carboxylic acids is 3. The highest BCUT2D eigenvalue weighted by Crippen LogP contribution is 2.36. The van der Waals surface area contributed by atoms with E-state index in [0.717, 1.165) is 18.1 Å². The molecule has 0 fully saturated rings. The van der Waals surface area contributed by atoms with Gasteiger partial charge in [0.25, 0.3) is 0 Å². The third-order valence-electron chi connectivity index (χ3n) is 7.86. The predicted octanol–water partition coefficient (Wildman–Crippen LogP) is 7.26. The number of rotatable bonds is 19. The standard InChI is InChI=1S/C28H49N5O6SSi/c1-10-15-24(34)38-18-33(27(35)25(31-32-29)20(8)11-2)22(19(6)7)16-23(39-41(12-3,13-4)14-5)26-30-21(17-40-26)28(36)37-9/h17,19-20,22-23,25H,10-16,18H2,1-9H3/t20-,22+,23?,25+/m0/s1. The zero-order valence-electron chi connectivity index (χ0n) is 26.2. The van der Waals surface area contributed by atoms with Crippen molar-refractivity contribution in [3.63, 3.8) is 0 Å². The van der Waals surface area contributed by atoms with E-state index in [0.29, 0.717) is 24.3 Å². The minimum atomic E-state index is -2.16. The van der Waals surface area contributed by atoms with Gasteiger partial charge in [-0.2, -0.15) is 0 Å². The molecule has 41 heavy (non-hydrogen) atoms. The summed E-state index contributed by atoms with van der Waals surface area (Å²) in [6.07, 6.45) is 1.35. The highest BCUT2D eigenvalue weighted by molar-refractivity contribution is 7.09. The zero-order chi connectivity index (χ0) is 31.2. The summed E-state index contributed by atoms with van der Waals surface area (Å²) in [5.74, 6) is -1.60. The molecule has 0 aliphatic carbocycles. The summed E-state index contributed by atoms with van der Waals surface area (Å²) in [7, 11) is -0.850. The first-order valence-electron chi connectivity index (χ1n) is 14.7. The van der Waals surface area contributed by atoms with Crippen LogP contribution in [0.1, 0.15) is 103 Å². The topological polar surface area (TPSA) is 144 Å². The Morgan fingerprint density at radius 2 is 1.76 bits per heavy atom. The van der Waals surface area contributed by atoms with E-state index in [4.69, 9.17) is 13.9 Å². The second-order valence-electron chi connectivity index (χ2n) is 10.7. The van der Waals surface area contributed by atoms with Gasteiger partial charge in [0.2, 0.25) is 5.91 Å². The number of methoxy groups -OCH3 is 1. The Bertz CT molecular complexity index is 1020. The molecule has 1 aromatic heterocycles. The molecular formula is C28H49N5O6SSi. The molecule has 0 aliphatic rings. The Kier molecular flexibility index (Phi) is 16.2. The number of nitrogens with zero attached hydrogens (tertiary/aromatic N) is 5. The molecule has 1 aromatic rings. The number of aromatic nitrogens is 1. The number of azide groups is 1. The van der Waals surface area contributed by atoms with Crippen LogP contribution in [0.15, 0.2) is 10.5 Å². The smallest absolute Gasteiger partial charge is 0.357 e. The first-order chi connectivity index (χ1) is 19.5. The monoisotopic (exact) mass is 611 g/mol. The molecule has 0 N–H and O–H groups in total. The first kappa shape index (κ1) is 36.6. The van der Waals surface area contributed by atoms with Crippen molar-refractivity contribution in [2.75, 3.05) is 13.8 Å². The SMILES string of the molecule is CCCC(=O)OCN(C(=O)[C@H](N=[N+]=[N-])[C@@H](C)CC)[C@H](CC(O[Si](CC)(CC)CC)c1nc(C(=O)OC)cs1)C(C)C. The summed E-state index contributed by atoms with van der Waals surface area (Å²) in [5.41, 5.74) is 9.47. The summed E-state index contributed by atoms with van der Waals surface area (Å²) in [6, 6.07) is 1.33. The fraction of sp³-hybridized carbons (Fsp3) is 0.786. The van der Waals surface area contributed by atoms with Gasteiger partial charge in [-0.15, -0.1) is 11.3 Å². The maximum atomic E-state index is 14.0. The number of carbonyl (C=O) groups is 3. The minimum Gasteiger partial charge on any atom is -0.464 e. The van der Waals surface area contributed by atoms with Gasteiger partial charge in [-0.3, -0.25) is 9.59 Å². The van der Waals surface area contributed by atoms with E-state index in [-0.39, 0.29) is 30.7 Å². The number of amides is 1. The van der Waals surface area contributed by atoms with Gasteiger partial charge in [-0.1, -0.05) is 66.9 Å². The van der Waals surface area contributed by atoms with Crippen molar-refractivity contribution in [3.8, 4) is 0 Å². The lowest BCUT2D eigenvalue weighted by molar-refractivity contribution is -0.158. The van der Waals surface area contributed by atoms with Crippen molar-refractivity contribution in [1.82, 2.24) is 9.88 Å². The van der Waals surface area contributed by atoms with Crippen molar-refractivity contribution in [2.24, 2.45) is 17.0 Å². The maximum Gasteiger partial charge on any atom is 0.357 e. The van der Waals surface area contributed by atoms with Crippen molar-refractivity contribution < 1.29 is 28.3 Å². The lowest BCUT2D eigenvalue weighted by atomic mass is 9.93. The van der Waals surface area contributed by atoms with Crippen molar-refractivity contribution in [3.05, 3.63) is 26.5 Å². The van der Waals surface area contributed by atoms with Crippen molar-refractivity contribution in [2.45, 2.75) is 117 Å². The van der Waals surface area contributed by atoms with E-state index < -0.39 is 44.4 Å². The molecule has 232 valence electrons. The molecule has 0 radical (unpaired) electrons. The lowest BCUT2D eigenvalue weighted by Crippen LogP contribution is -2.51. The van der Waals surface area contributed by atoms with Gasteiger partial charge < -0.3 is 18.8 Å². The van der Waals surface area contributed by atoms with Crippen LogP contribution in [0.2, 0.25) is 18.1 Å². The van der Waals surface area contributed by atoms with Gasteiger partial charge in [0, 0.05) is 22.8 Å². The highest BCUT2D eigenvalue weighted by Gasteiger charge is 2.39. The van der Waals surface area contributed by atoms with Crippen LogP contribution in [0.5, 0.6) is 0 Å². The van der Waals surface area contributed by atoms with E-state index in [2.05, 4.69) is 35.8 Å². The molecule has 1 amide bonds. The fourth-order valence-electron chi connectivity index (χ4n) is 4.71. The molecule has 11 nitrogen and oxygen atoms in total. The number of esters is 2. The third-order valence-corrected chi connectivity index (χ3v) is 13.4.